The number of aromatic hydroxyl groups is 1. The minimum Gasteiger partial charge on any atom is -0.675 e. The lowest BCUT2D eigenvalue weighted by molar-refractivity contribution is -0.143. The fraction of sp³-hybridized carbons (Fsp3) is 0.550. The molecule has 30 heavy (non-hydrogen) atoms. The summed E-state index contributed by atoms with van der Waals surface area (Å²) in [6.45, 7) is 7.78. The number of nitrogens with one attached hydrogen (secondary N) is 2. The van der Waals surface area contributed by atoms with E-state index in [0.29, 0.717) is 18.1 Å². The number of primary amides is 1. The van der Waals surface area contributed by atoms with Crippen LogP contribution in [0.2, 0.25) is 0 Å². The van der Waals surface area contributed by atoms with Gasteiger partial charge in [-0.1, -0.05) is 27.7 Å². The van der Waals surface area contributed by atoms with Crippen molar-refractivity contribution in [3.05, 3.63) is 29.5 Å². The molecule has 0 heterocycles. The number of amides is 2. The van der Waals surface area contributed by atoms with Crippen LogP contribution in [0.25, 0.3) is 5.73 Å². The third kappa shape index (κ3) is 10.1. The van der Waals surface area contributed by atoms with Crippen LogP contribution in [0.5, 0.6) is 11.5 Å². The molecular formula is C20H33N4O6-. The van der Waals surface area contributed by atoms with Crippen LogP contribution in [0.15, 0.2) is 18.2 Å². The molecule has 10 nitrogen and oxygen atoms in total. The van der Waals surface area contributed by atoms with Crippen LogP contribution in [0.1, 0.15) is 44.5 Å². The smallest absolute Gasteiger partial charge is 0.326 e. The third-order valence-corrected chi connectivity index (χ3v) is 3.90. The van der Waals surface area contributed by atoms with Gasteiger partial charge < -0.3 is 37.5 Å². The van der Waals surface area contributed by atoms with Crippen molar-refractivity contribution < 1.29 is 29.3 Å². The van der Waals surface area contributed by atoms with Crippen LogP contribution in [0, 0.1) is 11.8 Å². The Kier molecular flexibility index (Phi) is 12.1. The summed E-state index contributed by atoms with van der Waals surface area (Å²) in [6.07, 6.45) is 0.552. The number of carboxylic acids is 1. The number of aliphatic carboxylic acids is 1. The molecule has 0 saturated carbocycles. The van der Waals surface area contributed by atoms with Crippen molar-refractivity contribution in [2.45, 2.75) is 46.2 Å². The second-order valence-corrected chi connectivity index (χ2v) is 7.45. The number of nitrogens with two attached hydrogens (primary N) is 2. The molecule has 2 amide bonds. The predicted octanol–water partition coefficient (Wildman–Crippen LogP) is 1.51. The number of carbonyl (C=O) groups is 3. The van der Waals surface area contributed by atoms with E-state index in [1.54, 1.807) is 13.8 Å². The minimum absolute atomic E-state index is 0.0208. The summed E-state index contributed by atoms with van der Waals surface area (Å²) in [6, 6.07) is 2.69. The first-order valence-electron chi connectivity index (χ1n) is 9.59. The monoisotopic (exact) mass is 425 g/mol. The highest BCUT2D eigenvalue weighted by Gasteiger charge is 2.26. The first-order valence-corrected chi connectivity index (χ1v) is 9.59. The number of ether oxygens (including phenoxy) is 1. The maximum atomic E-state index is 11.6. The summed E-state index contributed by atoms with van der Waals surface area (Å²) in [4.78, 5) is 33.3. The second-order valence-electron chi connectivity index (χ2n) is 7.45. The van der Waals surface area contributed by atoms with Crippen molar-refractivity contribution in [1.29, 1.82) is 0 Å². The zero-order valence-electron chi connectivity index (χ0n) is 17.8. The normalized spacial score (nSPS) is 12.5. The predicted molar refractivity (Wildman–Crippen MR) is 113 cm³/mol. The molecule has 1 aromatic rings. The Morgan fingerprint density at radius 1 is 1.20 bits per heavy atom. The summed E-state index contributed by atoms with van der Waals surface area (Å²) in [5.74, 6) is -1.73. The molecule has 10 heteroatoms. The van der Waals surface area contributed by atoms with Crippen LogP contribution < -0.4 is 21.5 Å². The van der Waals surface area contributed by atoms with Gasteiger partial charge in [0, 0.05) is 0 Å². The van der Waals surface area contributed by atoms with E-state index >= 15 is 0 Å². The second kappa shape index (κ2) is 13.4. The van der Waals surface area contributed by atoms with E-state index in [0.717, 1.165) is 0 Å². The van der Waals surface area contributed by atoms with E-state index in [1.165, 1.54) is 18.2 Å². The van der Waals surface area contributed by atoms with Crippen molar-refractivity contribution in [3.8, 4) is 11.5 Å². The van der Waals surface area contributed by atoms with Gasteiger partial charge >= 0.3 is 5.97 Å². The van der Waals surface area contributed by atoms with Crippen molar-refractivity contribution in [3.63, 3.8) is 0 Å². The molecule has 0 bridgehead atoms. The number of benzene rings is 1. The molecule has 0 radical (unpaired) electrons. The Morgan fingerprint density at radius 3 is 2.23 bits per heavy atom. The molecular weight excluding hydrogens is 392 g/mol. The Labute approximate surface area is 176 Å². The Hall–Kier alpha value is -2.85. The molecule has 0 aliphatic carbocycles. The molecule has 1 aromatic carbocycles. The Morgan fingerprint density at radius 2 is 1.80 bits per heavy atom. The highest BCUT2D eigenvalue weighted by atomic mass is 16.5. The van der Waals surface area contributed by atoms with Gasteiger partial charge in [-0.05, 0) is 36.5 Å². The van der Waals surface area contributed by atoms with Gasteiger partial charge in [0.15, 0.2) is 0 Å². The van der Waals surface area contributed by atoms with Crippen molar-refractivity contribution in [2.75, 3.05) is 13.2 Å². The highest BCUT2D eigenvalue weighted by molar-refractivity contribution is 5.95. The molecule has 0 aliphatic rings. The van der Waals surface area contributed by atoms with E-state index in [1.807, 2.05) is 13.8 Å². The lowest BCUT2D eigenvalue weighted by Crippen LogP contribution is -2.50. The van der Waals surface area contributed by atoms with E-state index in [9.17, 15) is 19.5 Å². The number of rotatable bonds is 10. The fourth-order valence-corrected chi connectivity index (χ4v) is 2.36. The number of phenols is 1. The molecule has 1 rings (SSSR count). The molecule has 0 unspecified atom stereocenters. The quantitative estimate of drug-likeness (QED) is 0.375. The van der Waals surface area contributed by atoms with E-state index in [2.05, 4.69) is 5.32 Å². The average molecular weight is 426 g/mol. The van der Waals surface area contributed by atoms with E-state index in [-0.39, 0.29) is 30.4 Å². The SMILES string of the molecule is CC(C)C[C@H](N)C(=O)N[C@H](C(=O)O)C(C)C.[NH-]CCOc1ccc(O)c(C(N)=O)c1. The maximum absolute atomic E-state index is 11.6. The number of hydrogen-bond donors (Lipinski definition) is 5. The molecule has 0 fully saturated rings. The van der Waals surface area contributed by atoms with Gasteiger partial charge in [-0.15, -0.1) is 6.54 Å². The third-order valence-electron chi connectivity index (χ3n) is 3.90. The minimum atomic E-state index is -1.03. The molecule has 8 N–H and O–H groups in total. The highest BCUT2D eigenvalue weighted by Crippen LogP contribution is 2.22. The van der Waals surface area contributed by atoms with Gasteiger partial charge in [0.05, 0.1) is 18.2 Å². The first kappa shape index (κ1) is 27.1. The summed E-state index contributed by atoms with van der Waals surface area (Å²) in [7, 11) is 0. The van der Waals surface area contributed by atoms with Gasteiger partial charge in [0.1, 0.15) is 17.5 Å². The van der Waals surface area contributed by atoms with Crippen molar-refractivity contribution >= 4 is 17.8 Å². The van der Waals surface area contributed by atoms with Gasteiger partial charge in [-0.2, -0.15) is 0 Å². The fourth-order valence-electron chi connectivity index (χ4n) is 2.36. The standard InChI is InChI=1S/C11H22N2O3.C9H11N2O3/c1-6(2)5-8(12)10(14)13-9(7(3)4)11(15)16;10-3-4-14-6-1-2-8(12)7(5-6)9(11)13/h6-9H,5,12H2,1-4H3,(H,13,14)(H,15,16);1-2,5,10,12H,3-4H2,(H2,11,13)/q;-1/t8-,9-;/m0./s1. The van der Waals surface area contributed by atoms with Crippen LogP contribution in [-0.2, 0) is 9.59 Å². The van der Waals surface area contributed by atoms with Crippen LogP contribution in [0.3, 0.4) is 0 Å². The summed E-state index contributed by atoms with van der Waals surface area (Å²) in [5.41, 5.74) is 17.6. The summed E-state index contributed by atoms with van der Waals surface area (Å²) < 4.78 is 5.09. The topological polar surface area (TPSA) is 189 Å². The van der Waals surface area contributed by atoms with Gasteiger partial charge in [0.2, 0.25) is 5.91 Å². The van der Waals surface area contributed by atoms with E-state index in [4.69, 9.17) is 27.0 Å². The maximum Gasteiger partial charge on any atom is 0.326 e. The number of hydrogen-bond acceptors (Lipinski definition) is 6. The lowest BCUT2D eigenvalue weighted by Gasteiger charge is -2.21. The van der Waals surface area contributed by atoms with Gasteiger partial charge in [-0.3, -0.25) is 9.59 Å². The van der Waals surface area contributed by atoms with Crippen molar-refractivity contribution in [2.24, 2.45) is 23.3 Å². The Bertz CT molecular complexity index is 709. The summed E-state index contributed by atoms with van der Waals surface area (Å²) in [5, 5.41) is 20.6. The van der Waals surface area contributed by atoms with Crippen molar-refractivity contribution in [1.82, 2.24) is 5.32 Å². The Balaban J connectivity index is 0.000000564. The zero-order chi connectivity index (χ0) is 23.4. The van der Waals surface area contributed by atoms with Crippen LogP contribution in [-0.4, -0.2) is 53.2 Å². The molecule has 0 aromatic heterocycles. The van der Waals surface area contributed by atoms with Gasteiger partial charge in [-0.25, -0.2) is 4.79 Å². The molecule has 0 saturated heterocycles. The number of carbonyl (C=O) groups excluding carboxylic acids is 2. The zero-order valence-corrected chi connectivity index (χ0v) is 17.8. The molecule has 0 spiro atoms. The molecule has 2 atom stereocenters. The summed E-state index contributed by atoms with van der Waals surface area (Å²) >= 11 is 0. The average Bonchev–Trinajstić information content (AvgIpc) is 2.64. The van der Waals surface area contributed by atoms with Crippen LogP contribution in [0.4, 0.5) is 0 Å². The molecule has 170 valence electrons. The molecule has 0 aliphatic heterocycles. The van der Waals surface area contributed by atoms with E-state index < -0.39 is 29.9 Å². The van der Waals surface area contributed by atoms with Gasteiger partial charge in [0.25, 0.3) is 5.91 Å². The number of carboxylic acid groups (broad SMARTS) is 1. The lowest BCUT2D eigenvalue weighted by atomic mass is 10.0. The largest absolute Gasteiger partial charge is 0.675 e. The van der Waals surface area contributed by atoms with Crippen LogP contribution >= 0.6 is 0 Å². The first-order chi connectivity index (χ1) is 13.9.